The first-order chi connectivity index (χ1) is 13.9. The van der Waals surface area contributed by atoms with Crippen molar-refractivity contribution in [3.05, 3.63) is 58.3 Å². The van der Waals surface area contributed by atoms with E-state index < -0.39 is 0 Å². The Morgan fingerprint density at radius 2 is 2.14 bits per heavy atom. The number of amides is 1. The lowest BCUT2D eigenvalue weighted by molar-refractivity contribution is -0.135. The lowest BCUT2D eigenvalue weighted by atomic mass is 9.87. The predicted octanol–water partition coefficient (Wildman–Crippen LogP) is 5.04. The fourth-order valence-electron chi connectivity index (χ4n) is 4.23. The summed E-state index contributed by atoms with van der Waals surface area (Å²) in [5.74, 6) is 1.42. The molecule has 1 amide bonds. The van der Waals surface area contributed by atoms with Crippen molar-refractivity contribution in [1.29, 1.82) is 0 Å². The SMILES string of the molecule is CCC1(C)C=CC2=C(O1)C(OC)C(CN(C(=O)C1CC1)C1C=C(Br)C=CC1)C=C2. The normalized spacial score (nSPS) is 33.2. The van der Waals surface area contributed by atoms with Gasteiger partial charge in [0.2, 0.25) is 5.91 Å². The lowest BCUT2D eigenvalue weighted by Gasteiger charge is -2.41. The average Bonchev–Trinajstić information content (AvgIpc) is 3.56. The van der Waals surface area contributed by atoms with E-state index >= 15 is 0 Å². The summed E-state index contributed by atoms with van der Waals surface area (Å²) >= 11 is 3.58. The van der Waals surface area contributed by atoms with Crippen molar-refractivity contribution < 1.29 is 14.3 Å². The van der Waals surface area contributed by atoms with Gasteiger partial charge < -0.3 is 14.4 Å². The second-order valence-electron chi connectivity index (χ2n) is 8.62. The molecule has 4 nitrogen and oxygen atoms in total. The van der Waals surface area contributed by atoms with Crippen LogP contribution in [0.3, 0.4) is 0 Å². The Bertz CT molecular complexity index is 820. The zero-order chi connectivity index (χ0) is 20.6. The minimum atomic E-state index is -0.309. The van der Waals surface area contributed by atoms with E-state index in [1.54, 1.807) is 7.11 Å². The first kappa shape index (κ1) is 20.7. The number of rotatable bonds is 6. The van der Waals surface area contributed by atoms with Crippen molar-refractivity contribution >= 4 is 21.8 Å². The number of ether oxygens (including phenoxy) is 2. The summed E-state index contributed by atoms with van der Waals surface area (Å²) in [6, 6.07) is 0.0804. The van der Waals surface area contributed by atoms with Gasteiger partial charge in [0.1, 0.15) is 17.5 Å². The van der Waals surface area contributed by atoms with Crippen LogP contribution >= 0.6 is 15.9 Å². The molecule has 3 aliphatic carbocycles. The molecule has 1 aliphatic heterocycles. The zero-order valence-electron chi connectivity index (χ0n) is 17.4. The highest BCUT2D eigenvalue weighted by Crippen LogP contribution is 2.39. The quantitative estimate of drug-likeness (QED) is 0.558. The first-order valence-corrected chi connectivity index (χ1v) is 11.4. The van der Waals surface area contributed by atoms with Gasteiger partial charge in [0.25, 0.3) is 0 Å². The van der Waals surface area contributed by atoms with Crippen molar-refractivity contribution in [3.63, 3.8) is 0 Å². The Labute approximate surface area is 182 Å². The molecule has 1 fully saturated rings. The monoisotopic (exact) mass is 459 g/mol. The standard InChI is InChI=1S/C24H30BrNO3/c1-4-24(2)13-12-16-8-11-18(21(28-3)22(16)29-24)15-26(23(27)17-9-10-17)20-7-5-6-19(25)14-20/h5-6,8,11-14,17-18,20-21H,4,7,9-10,15H2,1-3H3. The van der Waals surface area contributed by atoms with Gasteiger partial charge in [-0.3, -0.25) is 4.79 Å². The summed E-state index contributed by atoms with van der Waals surface area (Å²) in [6.07, 6.45) is 18.5. The molecular formula is C24H30BrNO3. The molecule has 0 aromatic heterocycles. The molecule has 29 heavy (non-hydrogen) atoms. The topological polar surface area (TPSA) is 38.8 Å². The third-order valence-corrected chi connectivity index (χ3v) is 6.92. The predicted molar refractivity (Wildman–Crippen MR) is 118 cm³/mol. The van der Waals surface area contributed by atoms with Gasteiger partial charge in [-0.25, -0.2) is 0 Å². The highest BCUT2D eigenvalue weighted by atomic mass is 79.9. The number of hydrogen-bond acceptors (Lipinski definition) is 3. The zero-order valence-corrected chi connectivity index (χ0v) is 19.0. The lowest BCUT2D eigenvalue weighted by Crippen LogP contribution is -2.47. The summed E-state index contributed by atoms with van der Waals surface area (Å²) in [6.45, 7) is 4.87. The van der Waals surface area contributed by atoms with Crippen molar-refractivity contribution in [3.8, 4) is 0 Å². The summed E-state index contributed by atoms with van der Waals surface area (Å²) in [7, 11) is 1.74. The first-order valence-electron chi connectivity index (χ1n) is 10.6. The van der Waals surface area contributed by atoms with Gasteiger partial charge in [0.05, 0.1) is 6.04 Å². The van der Waals surface area contributed by atoms with Crippen LogP contribution in [0.1, 0.15) is 39.5 Å². The van der Waals surface area contributed by atoms with Gasteiger partial charge >= 0.3 is 0 Å². The van der Waals surface area contributed by atoms with Gasteiger partial charge in [-0.05, 0) is 44.8 Å². The summed E-state index contributed by atoms with van der Waals surface area (Å²) < 4.78 is 13.4. The van der Waals surface area contributed by atoms with Crippen LogP contribution in [0.25, 0.3) is 0 Å². The van der Waals surface area contributed by atoms with Crippen LogP contribution in [0.15, 0.2) is 58.3 Å². The van der Waals surface area contributed by atoms with Crippen LogP contribution in [0, 0.1) is 11.8 Å². The third kappa shape index (κ3) is 4.31. The number of halogens is 1. The Hall–Kier alpha value is -1.59. The Morgan fingerprint density at radius 1 is 1.34 bits per heavy atom. The number of hydrogen-bond donors (Lipinski definition) is 0. The maximum absolute atomic E-state index is 13.2. The molecule has 0 aromatic rings. The van der Waals surface area contributed by atoms with Gasteiger partial charge in [-0.1, -0.05) is 53.2 Å². The van der Waals surface area contributed by atoms with E-state index in [1.165, 1.54) is 0 Å². The number of methoxy groups -OCH3 is 1. The Balaban J connectivity index is 1.57. The second-order valence-corrected chi connectivity index (χ2v) is 9.54. The molecule has 0 aromatic carbocycles. The smallest absolute Gasteiger partial charge is 0.226 e. The van der Waals surface area contributed by atoms with E-state index in [2.05, 4.69) is 77.2 Å². The molecule has 0 N–H and O–H groups in total. The summed E-state index contributed by atoms with van der Waals surface area (Å²) in [4.78, 5) is 15.2. The fourth-order valence-corrected chi connectivity index (χ4v) is 4.72. The second kappa shape index (κ2) is 8.27. The van der Waals surface area contributed by atoms with Gasteiger partial charge in [0, 0.05) is 35.5 Å². The van der Waals surface area contributed by atoms with E-state index in [9.17, 15) is 4.79 Å². The van der Waals surface area contributed by atoms with E-state index in [4.69, 9.17) is 9.47 Å². The molecule has 1 saturated carbocycles. The van der Waals surface area contributed by atoms with E-state index in [0.29, 0.717) is 6.54 Å². The van der Waals surface area contributed by atoms with E-state index in [-0.39, 0.29) is 35.5 Å². The molecule has 1 heterocycles. The van der Waals surface area contributed by atoms with Crippen molar-refractivity contribution in [2.75, 3.05) is 13.7 Å². The number of carbonyl (C=O) groups excluding carboxylic acids is 1. The van der Waals surface area contributed by atoms with Crippen LogP contribution in [0.5, 0.6) is 0 Å². The molecule has 0 saturated heterocycles. The Morgan fingerprint density at radius 3 is 2.79 bits per heavy atom. The summed E-state index contributed by atoms with van der Waals surface area (Å²) in [5.41, 5.74) is 0.763. The average molecular weight is 460 g/mol. The molecule has 0 bridgehead atoms. The number of nitrogens with zero attached hydrogens (tertiary/aromatic N) is 1. The van der Waals surface area contributed by atoms with Crippen molar-refractivity contribution in [2.45, 2.75) is 57.3 Å². The van der Waals surface area contributed by atoms with Gasteiger partial charge in [-0.15, -0.1) is 0 Å². The van der Waals surface area contributed by atoms with Gasteiger partial charge in [-0.2, -0.15) is 0 Å². The van der Waals surface area contributed by atoms with Crippen LogP contribution in [-0.4, -0.2) is 42.2 Å². The molecule has 4 unspecified atom stereocenters. The van der Waals surface area contributed by atoms with Crippen LogP contribution in [0.4, 0.5) is 0 Å². The molecular weight excluding hydrogens is 430 g/mol. The molecule has 4 atom stereocenters. The minimum absolute atomic E-state index is 0.0622. The molecule has 5 heteroatoms. The molecule has 4 rings (SSSR count). The highest BCUT2D eigenvalue weighted by molar-refractivity contribution is 9.11. The van der Waals surface area contributed by atoms with Crippen molar-refractivity contribution in [1.82, 2.24) is 4.90 Å². The van der Waals surface area contributed by atoms with Crippen LogP contribution in [0.2, 0.25) is 0 Å². The summed E-state index contributed by atoms with van der Waals surface area (Å²) in [5, 5.41) is 0. The Kier molecular flexibility index (Phi) is 5.90. The molecule has 0 spiro atoms. The molecule has 4 aliphatic rings. The van der Waals surface area contributed by atoms with Gasteiger partial charge in [0.15, 0.2) is 0 Å². The number of allylic oxidation sites excluding steroid dienone is 5. The minimum Gasteiger partial charge on any atom is -0.484 e. The fraction of sp³-hybridized carbons (Fsp3) is 0.542. The maximum Gasteiger partial charge on any atom is 0.226 e. The van der Waals surface area contributed by atoms with Crippen LogP contribution in [-0.2, 0) is 14.3 Å². The van der Waals surface area contributed by atoms with E-state index in [1.807, 2.05) is 0 Å². The number of carbonyl (C=O) groups is 1. The highest BCUT2D eigenvalue weighted by Gasteiger charge is 2.41. The maximum atomic E-state index is 13.2. The van der Waals surface area contributed by atoms with E-state index in [0.717, 1.165) is 41.5 Å². The van der Waals surface area contributed by atoms with Crippen LogP contribution < -0.4 is 0 Å². The van der Waals surface area contributed by atoms with Crippen molar-refractivity contribution in [2.24, 2.45) is 11.8 Å². The third-order valence-electron chi connectivity index (χ3n) is 6.39. The molecule has 156 valence electrons. The molecule has 0 radical (unpaired) electrons. The largest absolute Gasteiger partial charge is 0.484 e.